The van der Waals surface area contributed by atoms with Gasteiger partial charge < -0.3 is 4.55 Å². The average Bonchev–Trinajstić information content (AvgIpc) is 2.62. The average molecular weight is 330 g/mol. The fourth-order valence-electron chi connectivity index (χ4n) is 3.33. The standard InChI is InChI=1S/C22H18OS/c1-15-19-9-5-3-7-17(19)11-13-21(15)24(23)22-14-12-18-8-4-6-10-20(18)16(22)2/h3-14H,1-2H3. The third-order valence-corrected chi connectivity index (χ3v) is 6.38. The molecule has 0 unspecified atom stereocenters. The highest BCUT2D eigenvalue weighted by Gasteiger charge is 2.21. The molecular weight excluding hydrogens is 312 g/mol. The highest BCUT2D eigenvalue weighted by molar-refractivity contribution is 7.91. The van der Waals surface area contributed by atoms with Gasteiger partial charge in [-0.3, -0.25) is 0 Å². The van der Waals surface area contributed by atoms with Crippen LogP contribution in [0, 0.1) is 13.8 Å². The van der Waals surface area contributed by atoms with Crippen molar-refractivity contribution < 1.29 is 4.55 Å². The quantitative estimate of drug-likeness (QED) is 0.427. The van der Waals surface area contributed by atoms with Crippen molar-refractivity contribution in [2.75, 3.05) is 0 Å². The van der Waals surface area contributed by atoms with Crippen LogP contribution in [-0.4, -0.2) is 4.55 Å². The molecule has 0 aliphatic heterocycles. The van der Waals surface area contributed by atoms with Gasteiger partial charge in [-0.05, 0) is 59.7 Å². The molecule has 24 heavy (non-hydrogen) atoms. The van der Waals surface area contributed by atoms with Gasteiger partial charge in [0, 0.05) is 22.3 Å². The van der Waals surface area contributed by atoms with E-state index in [-0.39, 0.29) is 0 Å². The van der Waals surface area contributed by atoms with E-state index in [2.05, 4.69) is 50.2 Å². The van der Waals surface area contributed by atoms with Crippen LogP contribution in [-0.2, 0) is 11.2 Å². The molecule has 1 nitrogen and oxygen atoms in total. The minimum atomic E-state index is -1.18. The van der Waals surface area contributed by atoms with Crippen molar-refractivity contribution >= 4 is 32.7 Å². The molecule has 4 rings (SSSR count). The first-order valence-electron chi connectivity index (χ1n) is 8.05. The molecule has 0 heterocycles. The SMILES string of the molecule is Cc1c([S+]([O-])c2ccc3ccccc3c2C)ccc2ccccc12. The third-order valence-electron chi connectivity index (χ3n) is 4.70. The second-order valence-corrected chi connectivity index (χ2v) is 7.51. The van der Waals surface area contributed by atoms with Gasteiger partial charge in [0.05, 0.1) is 0 Å². The number of hydrogen-bond acceptors (Lipinski definition) is 1. The molecule has 0 aromatic heterocycles. The molecule has 0 radical (unpaired) electrons. The molecule has 0 N–H and O–H groups in total. The maximum atomic E-state index is 13.3. The molecule has 118 valence electrons. The van der Waals surface area contributed by atoms with E-state index in [4.69, 9.17) is 0 Å². The van der Waals surface area contributed by atoms with Gasteiger partial charge in [0.25, 0.3) is 0 Å². The normalized spacial score (nSPS) is 11.5. The Kier molecular flexibility index (Phi) is 3.79. The van der Waals surface area contributed by atoms with E-state index in [0.29, 0.717) is 0 Å². The van der Waals surface area contributed by atoms with Crippen molar-refractivity contribution in [3.8, 4) is 0 Å². The second kappa shape index (κ2) is 5.97. The number of aryl methyl sites for hydroxylation is 2. The first-order chi connectivity index (χ1) is 11.7. The van der Waals surface area contributed by atoms with Crippen LogP contribution in [0.4, 0.5) is 0 Å². The van der Waals surface area contributed by atoms with Crippen LogP contribution in [0.5, 0.6) is 0 Å². The van der Waals surface area contributed by atoms with Crippen LogP contribution in [0.25, 0.3) is 21.5 Å². The summed E-state index contributed by atoms with van der Waals surface area (Å²) in [5.41, 5.74) is 2.19. The molecule has 0 aliphatic carbocycles. The topological polar surface area (TPSA) is 23.1 Å². The Bertz CT molecular complexity index is 967. The van der Waals surface area contributed by atoms with Crippen molar-refractivity contribution in [3.63, 3.8) is 0 Å². The molecule has 4 aromatic carbocycles. The fraction of sp³-hybridized carbons (Fsp3) is 0.0909. The van der Waals surface area contributed by atoms with Crippen LogP contribution in [0.1, 0.15) is 11.1 Å². The van der Waals surface area contributed by atoms with Gasteiger partial charge in [-0.15, -0.1) is 0 Å². The lowest BCUT2D eigenvalue weighted by Crippen LogP contribution is -2.06. The number of rotatable bonds is 2. The van der Waals surface area contributed by atoms with E-state index in [9.17, 15) is 4.55 Å². The van der Waals surface area contributed by atoms with Crippen LogP contribution in [0.15, 0.2) is 82.6 Å². The summed E-state index contributed by atoms with van der Waals surface area (Å²) in [5, 5.41) is 4.71. The molecule has 0 aliphatic rings. The Morgan fingerprint density at radius 2 is 1.00 bits per heavy atom. The van der Waals surface area contributed by atoms with E-state index in [0.717, 1.165) is 20.9 Å². The first-order valence-corrected chi connectivity index (χ1v) is 9.20. The Morgan fingerprint density at radius 1 is 0.583 bits per heavy atom. The Balaban J connectivity index is 1.89. The van der Waals surface area contributed by atoms with Gasteiger partial charge in [-0.2, -0.15) is 0 Å². The summed E-state index contributed by atoms with van der Waals surface area (Å²) < 4.78 is 13.3. The van der Waals surface area contributed by atoms with Gasteiger partial charge in [0.1, 0.15) is 0 Å². The minimum Gasteiger partial charge on any atom is -0.606 e. The highest BCUT2D eigenvalue weighted by atomic mass is 32.2. The maximum absolute atomic E-state index is 13.3. The predicted octanol–water partition coefficient (Wildman–Crippen LogP) is 5.78. The number of fused-ring (bicyclic) bond motifs is 2. The fourth-order valence-corrected chi connectivity index (χ4v) is 4.73. The summed E-state index contributed by atoms with van der Waals surface area (Å²) in [7, 11) is 0. The molecule has 0 spiro atoms. The summed E-state index contributed by atoms with van der Waals surface area (Å²) in [5.74, 6) is 0. The van der Waals surface area contributed by atoms with Crippen LogP contribution in [0.3, 0.4) is 0 Å². The lowest BCUT2D eigenvalue weighted by atomic mass is 10.1. The third kappa shape index (κ3) is 2.39. The van der Waals surface area contributed by atoms with Gasteiger partial charge in [0.15, 0.2) is 9.79 Å². The zero-order valence-electron chi connectivity index (χ0n) is 13.7. The molecule has 0 atom stereocenters. The molecule has 2 heteroatoms. The zero-order chi connectivity index (χ0) is 16.7. The van der Waals surface area contributed by atoms with E-state index in [1.165, 1.54) is 21.5 Å². The number of hydrogen-bond donors (Lipinski definition) is 0. The summed E-state index contributed by atoms with van der Waals surface area (Å²) >= 11 is -1.18. The van der Waals surface area contributed by atoms with Gasteiger partial charge in [-0.25, -0.2) is 0 Å². The summed E-state index contributed by atoms with van der Waals surface area (Å²) in [4.78, 5) is 1.79. The molecule has 0 amide bonds. The van der Waals surface area contributed by atoms with Crippen molar-refractivity contribution in [2.24, 2.45) is 0 Å². The van der Waals surface area contributed by atoms with Crippen LogP contribution in [0.2, 0.25) is 0 Å². The van der Waals surface area contributed by atoms with Gasteiger partial charge in [0.2, 0.25) is 0 Å². The van der Waals surface area contributed by atoms with Gasteiger partial charge in [-0.1, -0.05) is 48.5 Å². The van der Waals surface area contributed by atoms with Gasteiger partial charge >= 0.3 is 0 Å². The highest BCUT2D eigenvalue weighted by Crippen LogP contribution is 2.33. The Morgan fingerprint density at radius 3 is 1.46 bits per heavy atom. The Labute approximate surface area is 145 Å². The summed E-state index contributed by atoms with van der Waals surface area (Å²) in [6.07, 6.45) is 0. The maximum Gasteiger partial charge on any atom is 0.161 e. The molecular formula is C22H18OS. The first kappa shape index (κ1) is 15.3. The lowest BCUT2D eigenvalue weighted by Gasteiger charge is -2.16. The van der Waals surface area contributed by atoms with Crippen molar-refractivity contribution in [1.29, 1.82) is 0 Å². The Hall–Kier alpha value is -2.29. The largest absolute Gasteiger partial charge is 0.606 e. The zero-order valence-corrected chi connectivity index (χ0v) is 14.6. The monoisotopic (exact) mass is 330 g/mol. The van der Waals surface area contributed by atoms with E-state index in [1.54, 1.807) is 0 Å². The second-order valence-electron chi connectivity index (χ2n) is 6.09. The van der Waals surface area contributed by atoms with E-state index in [1.807, 2.05) is 36.4 Å². The molecule has 0 bridgehead atoms. The summed E-state index contributed by atoms with van der Waals surface area (Å²) in [6.45, 7) is 4.12. The van der Waals surface area contributed by atoms with Crippen LogP contribution >= 0.6 is 0 Å². The summed E-state index contributed by atoms with van der Waals surface area (Å²) in [6, 6.07) is 24.6. The van der Waals surface area contributed by atoms with Crippen molar-refractivity contribution in [3.05, 3.63) is 83.9 Å². The molecule has 4 aromatic rings. The molecule has 0 saturated carbocycles. The minimum absolute atomic E-state index is 0.895. The van der Waals surface area contributed by atoms with E-state index < -0.39 is 11.2 Å². The van der Waals surface area contributed by atoms with E-state index >= 15 is 0 Å². The van der Waals surface area contributed by atoms with Crippen LogP contribution < -0.4 is 0 Å². The van der Waals surface area contributed by atoms with Crippen molar-refractivity contribution in [2.45, 2.75) is 23.6 Å². The predicted molar refractivity (Wildman–Crippen MR) is 102 cm³/mol. The number of benzene rings is 4. The smallest absolute Gasteiger partial charge is 0.161 e. The lowest BCUT2D eigenvalue weighted by molar-refractivity contribution is 0.594. The molecule has 0 saturated heterocycles. The van der Waals surface area contributed by atoms with Crippen molar-refractivity contribution in [1.82, 2.24) is 0 Å². The molecule has 0 fully saturated rings.